The molecule has 1 aliphatic heterocycles. The van der Waals surface area contributed by atoms with E-state index in [1.807, 2.05) is 11.0 Å². The summed E-state index contributed by atoms with van der Waals surface area (Å²) in [5.74, 6) is 1.47. The quantitative estimate of drug-likeness (QED) is 0.565. The van der Waals surface area contributed by atoms with Crippen LogP contribution >= 0.6 is 11.3 Å². The summed E-state index contributed by atoms with van der Waals surface area (Å²) in [5, 5.41) is 12.1. The molecule has 0 saturated carbocycles. The van der Waals surface area contributed by atoms with Gasteiger partial charge in [0.25, 0.3) is 0 Å². The number of aliphatic hydroxyl groups excluding tert-OH is 1. The van der Waals surface area contributed by atoms with E-state index in [0.29, 0.717) is 32.2 Å². The molecule has 0 aliphatic carbocycles. The first kappa shape index (κ1) is 24.7. The summed E-state index contributed by atoms with van der Waals surface area (Å²) in [6.45, 7) is 13.1. The average molecular weight is 459 g/mol. The molecule has 2 heterocycles. The highest BCUT2D eigenvalue weighted by Gasteiger charge is 2.33. The van der Waals surface area contributed by atoms with Crippen molar-refractivity contribution in [3.05, 3.63) is 51.2 Å². The van der Waals surface area contributed by atoms with Crippen molar-refractivity contribution in [1.82, 2.24) is 9.80 Å². The lowest BCUT2D eigenvalue weighted by Crippen LogP contribution is -2.48. The van der Waals surface area contributed by atoms with E-state index >= 15 is 0 Å². The van der Waals surface area contributed by atoms with Gasteiger partial charge < -0.3 is 14.7 Å². The number of fused-ring (bicyclic) bond motifs is 1. The van der Waals surface area contributed by atoms with Gasteiger partial charge in [-0.3, -0.25) is 9.69 Å². The molecule has 1 aliphatic rings. The zero-order chi connectivity index (χ0) is 23.3. The summed E-state index contributed by atoms with van der Waals surface area (Å²) in [6, 6.07) is 8.26. The molecule has 2 aromatic rings. The fourth-order valence-corrected chi connectivity index (χ4v) is 5.36. The number of hydrogen-bond donors (Lipinski definition) is 1. The molecular formula is C26H38N2O3S. The lowest BCUT2D eigenvalue weighted by Gasteiger charge is -2.37. The number of benzene rings is 1. The molecule has 0 unspecified atom stereocenters. The minimum atomic E-state index is -0.458. The van der Waals surface area contributed by atoms with Crippen LogP contribution in [0.4, 0.5) is 0 Å². The molecule has 3 atom stereocenters. The van der Waals surface area contributed by atoms with Gasteiger partial charge in [0.05, 0.1) is 18.7 Å². The van der Waals surface area contributed by atoms with Crippen LogP contribution in [0.3, 0.4) is 0 Å². The van der Waals surface area contributed by atoms with Crippen LogP contribution < -0.4 is 4.74 Å². The van der Waals surface area contributed by atoms with Crippen molar-refractivity contribution >= 4 is 17.2 Å². The molecule has 5 nitrogen and oxygen atoms in total. The smallest absolute Gasteiger partial charge is 0.237 e. The second kappa shape index (κ2) is 11.3. The van der Waals surface area contributed by atoms with Gasteiger partial charge in [0.15, 0.2) is 0 Å². The predicted molar refractivity (Wildman–Crippen MR) is 131 cm³/mol. The zero-order valence-corrected chi connectivity index (χ0v) is 21.0. The monoisotopic (exact) mass is 458 g/mol. The molecule has 1 amide bonds. The van der Waals surface area contributed by atoms with Crippen LogP contribution in [0.1, 0.15) is 54.8 Å². The summed E-state index contributed by atoms with van der Waals surface area (Å²) in [7, 11) is 0. The second-order valence-electron chi connectivity index (χ2n) is 9.29. The number of ether oxygens (including phenoxy) is 1. The summed E-state index contributed by atoms with van der Waals surface area (Å²) in [5.41, 5.74) is 3.54. The van der Waals surface area contributed by atoms with Crippen LogP contribution in [0.15, 0.2) is 29.6 Å². The molecule has 3 rings (SSSR count). The number of carbonyl (C=O) groups is 1. The van der Waals surface area contributed by atoms with Gasteiger partial charge >= 0.3 is 0 Å². The van der Waals surface area contributed by atoms with E-state index in [4.69, 9.17) is 4.74 Å². The third kappa shape index (κ3) is 6.33. The molecular weight excluding hydrogens is 420 g/mol. The van der Waals surface area contributed by atoms with Crippen molar-refractivity contribution in [1.29, 1.82) is 0 Å². The number of aryl methyl sites for hydroxylation is 2. The number of hydrogen-bond acceptors (Lipinski definition) is 5. The topological polar surface area (TPSA) is 53.0 Å². The lowest BCUT2D eigenvalue weighted by atomic mass is 10.00. The Morgan fingerprint density at radius 3 is 2.75 bits per heavy atom. The molecule has 0 fully saturated rings. The Balaban J connectivity index is 1.76. The summed E-state index contributed by atoms with van der Waals surface area (Å²) >= 11 is 1.77. The average Bonchev–Trinajstić information content (AvgIpc) is 3.21. The Hall–Kier alpha value is -1.89. The Morgan fingerprint density at radius 2 is 2.06 bits per heavy atom. The van der Waals surface area contributed by atoms with Crippen molar-refractivity contribution in [3.63, 3.8) is 0 Å². The van der Waals surface area contributed by atoms with Crippen LogP contribution in [0, 0.1) is 19.8 Å². The van der Waals surface area contributed by atoms with E-state index < -0.39 is 6.10 Å². The van der Waals surface area contributed by atoms with Crippen molar-refractivity contribution in [2.45, 2.75) is 59.6 Å². The molecule has 1 aromatic heterocycles. The predicted octanol–water partition coefficient (Wildman–Crippen LogP) is 4.60. The van der Waals surface area contributed by atoms with Gasteiger partial charge in [-0.15, -0.1) is 11.3 Å². The lowest BCUT2D eigenvalue weighted by molar-refractivity contribution is -0.136. The largest absolute Gasteiger partial charge is 0.491 e. The van der Waals surface area contributed by atoms with Gasteiger partial charge in [-0.1, -0.05) is 38.0 Å². The standard InChI is InChI=1S/C26H38N2O3S/c1-6-18(2)14-27(15-21(5)29)16-26(30)28-11-9-25-22(10-12-32-25)23(28)17-31-24-8-7-19(3)13-20(24)4/h7-8,10,12-13,18,21,23,29H,6,9,11,14-17H2,1-5H3/t18-,21-,23-/m0/s1. The summed E-state index contributed by atoms with van der Waals surface area (Å²) in [4.78, 5) is 18.9. The maximum absolute atomic E-state index is 13.5. The van der Waals surface area contributed by atoms with E-state index in [1.165, 1.54) is 16.0 Å². The van der Waals surface area contributed by atoms with Crippen LogP contribution in [-0.2, 0) is 11.2 Å². The minimum Gasteiger partial charge on any atom is -0.491 e. The molecule has 6 heteroatoms. The van der Waals surface area contributed by atoms with Gasteiger partial charge in [0.2, 0.25) is 5.91 Å². The third-order valence-corrected chi connectivity index (χ3v) is 7.29. The van der Waals surface area contributed by atoms with Gasteiger partial charge in [-0.25, -0.2) is 0 Å². The van der Waals surface area contributed by atoms with E-state index in [9.17, 15) is 9.90 Å². The number of thiophene rings is 1. The van der Waals surface area contributed by atoms with E-state index in [1.54, 1.807) is 18.3 Å². The molecule has 0 saturated heterocycles. The van der Waals surface area contributed by atoms with Crippen molar-refractivity contribution in [2.24, 2.45) is 5.92 Å². The van der Waals surface area contributed by atoms with Gasteiger partial charge in [-0.2, -0.15) is 0 Å². The third-order valence-electron chi connectivity index (χ3n) is 6.29. The molecule has 1 aromatic carbocycles. The molecule has 0 spiro atoms. The van der Waals surface area contributed by atoms with Gasteiger partial charge in [-0.05, 0) is 61.7 Å². The first-order valence-electron chi connectivity index (χ1n) is 11.7. The van der Waals surface area contributed by atoms with E-state index in [2.05, 4.69) is 56.2 Å². The maximum Gasteiger partial charge on any atom is 0.237 e. The first-order chi connectivity index (χ1) is 15.3. The summed E-state index contributed by atoms with van der Waals surface area (Å²) < 4.78 is 6.25. The molecule has 176 valence electrons. The minimum absolute atomic E-state index is 0.0878. The van der Waals surface area contributed by atoms with Crippen molar-refractivity contribution in [3.8, 4) is 5.75 Å². The van der Waals surface area contributed by atoms with Crippen LogP contribution in [-0.4, -0.2) is 59.7 Å². The zero-order valence-electron chi connectivity index (χ0n) is 20.1. The molecule has 0 radical (unpaired) electrons. The number of aliphatic hydroxyl groups is 1. The highest BCUT2D eigenvalue weighted by molar-refractivity contribution is 7.10. The van der Waals surface area contributed by atoms with Crippen molar-refractivity contribution in [2.75, 3.05) is 32.8 Å². The molecule has 0 bridgehead atoms. The highest BCUT2D eigenvalue weighted by Crippen LogP contribution is 2.34. The van der Waals surface area contributed by atoms with Crippen LogP contribution in [0.5, 0.6) is 5.75 Å². The maximum atomic E-state index is 13.5. The Morgan fingerprint density at radius 1 is 1.28 bits per heavy atom. The Labute approximate surface area is 197 Å². The second-order valence-corrected chi connectivity index (χ2v) is 10.3. The number of rotatable bonds is 10. The van der Waals surface area contributed by atoms with Gasteiger partial charge in [0, 0.05) is 24.5 Å². The molecule has 1 N–H and O–H groups in total. The van der Waals surface area contributed by atoms with Gasteiger partial charge in [0.1, 0.15) is 12.4 Å². The fraction of sp³-hybridized carbons (Fsp3) is 0.577. The van der Waals surface area contributed by atoms with Crippen LogP contribution in [0.25, 0.3) is 0 Å². The number of amides is 1. The Bertz CT molecular complexity index is 895. The SMILES string of the molecule is CC[C@H](C)CN(CC(=O)N1CCc2sccc2[C@@H]1COc1ccc(C)cc1C)C[C@H](C)O. The fourth-order valence-electron chi connectivity index (χ4n) is 4.43. The normalized spacial score (nSPS) is 17.8. The van der Waals surface area contributed by atoms with E-state index in [-0.39, 0.29) is 11.9 Å². The van der Waals surface area contributed by atoms with Crippen molar-refractivity contribution < 1.29 is 14.6 Å². The first-order valence-corrected chi connectivity index (χ1v) is 12.6. The highest BCUT2D eigenvalue weighted by atomic mass is 32.1. The van der Waals surface area contributed by atoms with Crippen LogP contribution in [0.2, 0.25) is 0 Å². The Kier molecular flexibility index (Phi) is 8.74. The number of carbonyl (C=O) groups excluding carboxylic acids is 1. The molecule has 32 heavy (non-hydrogen) atoms. The number of nitrogens with zero attached hydrogens (tertiary/aromatic N) is 2. The summed E-state index contributed by atoms with van der Waals surface area (Å²) in [6.07, 6.45) is 1.49. The van der Waals surface area contributed by atoms with E-state index in [0.717, 1.165) is 30.7 Å².